The maximum absolute atomic E-state index is 12.4. The number of carbonyl (C=O) groups excluding carboxylic acids is 1. The van der Waals surface area contributed by atoms with Crippen LogP contribution in [0.2, 0.25) is 5.02 Å². The van der Waals surface area contributed by atoms with E-state index < -0.39 is 0 Å². The third-order valence-corrected chi connectivity index (χ3v) is 4.80. The number of benzene rings is 2. The number of H-pyrrole nitrogens is 1. The summed E-state index contributed by atoms with van der Waals surface area (Å²) < 4.78 is 0. The molecule has 126 valence electrons. The maximum atomic E-state index is 12.4. The van der Waals surface area contributed by atoms with Gasteiger partial charge < -0.3 is 10.3 Å². The molecule has 0 fully saturated rings. The van der Waals surface area contributed by atoms with Crippen molar-refractivity contribution in [2.45, 2.75) is 13.3 Å². The van der Waals surface area contributed by atoms with Gasteiger partial charge in [-0.1, -0.05) is 47.5 Å². The molecule has 0 radical (unpaired) electrons. The molecule has 1 heterocycles. The molecule has 0 saturated heterocycles. The summed E-state index contributed by atoms with van der Waals surface area (Å²) in [5.74, 6) is 0.828. The van der Waals surface area contributed by atoms with Gasteiger partial charge in [-0.05, 0) is 36.3 Å². The van der Waals surface area contributed by atoms with Crippen LogP contribution in [0.15, 0.2) is 54.1 Å². The summed E-state index contributed by atoms with van der Waals surface area (Å²) in [4.78, 5) is 20.2. The summed E-state index contributed by atoms with van der Waals surface area (Å²) in [6.45, 7) is 2.58. The van der Waals surface area contributed by atoms with Gasteiger partial charge in [0.15, 0.2) is 0 Å². The molecule has 25 heavy (non-hydrogen) atoms. The molecule has 4 rings (SSSR count). The summed E-state index contributed by atoms with van der Waals surface area (Å²) >= 11 is 5.98. The average molecular weight is 352 g/mol. The molecule has 2 N–H and O–H groups in total. The molecule has 2 aromatic carbocycles. The van der Waals surface area contributed by atoms with E-state index in [9.17, 15) is 4.79 Å². The van der Waals surface area contributed by atoms with E-state index in [1.165, 1.54) is 0 Å². The Morgan fingerprint density at radius 2 is 2.04 bits per heavy atom. The second-order valence-electron chi connectivity index (χ2n) is 6.28. The summed E-state index contributed by atoms with van der Waals surface area (Å²) in [5, 5.41) is 3.69. The van der Waals surface area contributed by atoms with Gasteiger partial charge >= 0.3 is 0 Å². The number of halogens is 1. The van der Waals surface area contributed by atoms with Crippen molar-refractivity contribution >= 4 is 34.1 Å². The molecule has 0 aliphatic heterocycles. The predicted octanol–water partition coefficient (Wildman–Crippen LogP) is 3.98. The molecule has 4 nitrogen and oxygen atoms in total. The minimum atomic E-state index is -0.0862. The number of imidazole rings is 1. The van der Waals surface area contributed by atoms with Crippen LogP contribution >= 0.6 is 11.6 Å². The number of rotatable bonds is 5. The Morgan fingerprint density at radius 1 is 1.24 bits per heavy atom. The molecule has 0 bridgehead atoms. The number of fused-ring (bicyclic) bond motifs is 1. The molecule has 1 unspecified atom stereocenters. The quantitative estimate of drug-likeness (QED) is 0.730. The first-order valence-corrected chi connectivity index (χ1v) is 8.69. The van der Waals surface area contributed by atoms with Gasteiger partial charge in [0.1, 0.15) is 5.82 Å². The SMILES string of the molecule is CC1=C(c2ccccc2)C1C(=O)NCCc1nc2ccc(Cl)cc2[nH]1. The van der Waals surface area contributed by atoms with E-state index in [0.717, 1.165) is 33.6 Å². The fourth-order valence-corrected chi connectivity index (χ4v) is 3.40. The number of aromatic nitrogens is 2. The highest BCUT2D eigenvalue weighted by Crippen LogP contribution is 2.46. The summed E-state index contributed by atoms with van der Waals surface area (Å²) in [6.07, 6.45) is 0.657. The van der Waals surface area contributed by atoms with Gasteiger partial charge in [-0.15, -0.1) is 0 Å². The molecule has 1 aliphatic rings. The Bertz CT molecular complexity index is 975. The normalized spacial score (nSPS) is 16.3. The van der Waals surface area contributed by atoms with Crippen LogP contribution in [0.4, 0.5) is 0 Å². The Labute approximate surface area is 150 Å². The van der Waals surface area contributed by atoms with Crippen molar-refractivity contribution in [2.75, 3.05) is 6.54 Å². The highest BCUT2D eigenvalue weighted by molar-refractivity contribution is 6.31. The lowest BCUT2D eigenvalue weighted by Gasteiger charge is -2.04. The molecule has 1 aromatic heterocycles. The first-order valence-electron chi connectivity index (χ1n) is 8.31. The molecule has 0 saturated carbocycles. The minimum absolute atomic E-state index is 0.0653. The van der Waals surface area contributed by atoms with E-state index in [1.807, 2.05) is 55.5 Å². The zero-order chi connectivity index (χ0) is 17.4. The van der Waals surface area contributed by atoms with Crippen LogP contribution in [0.1, 0.15) is 18.3 Å². The van der Waals surface area contributed by atoms with E-state index in [2.05, 4.69) is 15.3 Å². The second kappa shape index (κ2) is 6.37. The number of aromatic amines is 1. The first kappa shape index (κ1) is 15.9. The monoisotopic (exact) mass is 351 g/mol. The summed E-state index contributed by atoms with van der Waals surface area (Å²) in [5.41, 5.74) is 5.24. The minimum Gasteiger partial charge on any atom is -0.355 e. The number of carbonyl (C=O) groups is 1. The van der Waals surface area contributed by atoms with E-state index in [0.29, 0.717) is 18.0 Å². The van der Waals surface area contributed by atoms with Crippen LogP contribution in [0.3, 0.4) is 0 Å². The zero-order valence-electron chi connectivity index (χ0n) is 13.8. The van der Waals surface area contributed by atoms with E-state index in [-0.39, 0.29) is 11.8 Å². The second-order valence-corrected chi connectivity index (χ2v) is 6.72. The van der Waals surface area contributed by atoms with Crippen molar-refractivity contribution < 1.29 is 4.79 Å². The van der Waals surface area contributed by atoms with E-state index >= 15 is 0 Å². The summed E-state index contributed by atoms with van der Waals surface area (Å²) in [7, 11) is 0. The lowest BCUT2D eigenvalue weighted by molar-refractivity contribution is -0.121. The number of amides is 1. The topological polar surface area (TPSA) is 57.8 Å². The molecule has 1 atom stereocenters. The predicted molar refractivity (Wildman–Crippen MR) is 100 cm³/mol. The van der Waals surface area contributed by atoms with Crippen molar-refractivity contribution in [1.82, 2.24) is 15.3 Å². The van der Waals surface area contributed by atoms with Gasteiger partial charge in [0.05, 0.1) is 17.0 Å². The molecule has 1 aliphatic carbocycles. The van der Waals surface area contributed by atoms with E-state index in [4.69, 9.17) is 11.6 Å². The van der Waals surface area contributed by atoms with Crippen molar-refractivity contribution in [3.63, 3.8) is 0 Å². The average Bonchev–Trinajstić information content (AvgIpc) is 3.12. The Morgan fingerprint density at radius 3 is 2.84 bits per heavy atom. The number of nitrogens with one attached hydrogen (secondary N) is 2. The van der Waals surface area contributed by atoms with Crippen LogP contribution in [0.5, 0.6) is 0 Å². The van der Waals surface area contributed by atoms with Crippen LogP contribution in [0.25, 0.3) is 16.6 Å². The van der Waals surface area contributed by atoms with Gasteiger partial charge in [-0.25, -0.2) is 4.98 Å². The highest BCUT2D eigenvalue weighted by Gasteiger charge is 2.39. The Kier molecular flexibility index (Phi) is 4.06. The highest BCUT2D eigenvalue weighted by atomic mass is 35.5. The molecule has 5 heteroatoms. The number of nitrogens with zero attached hydrogens (tertiary/aromatic N) is 1. The largest absolute Gasteiger partial charge is 0.355 e. The van der Waals surface area contributed by atoms with Gasteiger partial charge in [0.25, 0.3) is 0 Å². The first-order chi connectivity index (χ1) is 12.1. The molecular formula is C20H18ClN3O. The van der Waals surface area contributed by atoms with E-state index in [1.54, 1.807) is 0 Å². The molecular weight excluding hydrogens is 334 g/mol. The third kappa shape index (κ3) is 3.17. The lowest BCUT2D eigenvalue weighted by atomic mass is 10.1. The number of hydrogen-bond donors (Lipinski definition) is 2. The van der Waals surface area contributed by atoms with Gasteiger partial charge in [0.2, 0.25) is 5.91 Å². The molecule has 3 aromatic rings. The molecule has 0 spiro atoms. The van der Waals surface area contributed by atoms with Crippen LogP contribution in [-0.4, -0.2) is 22.4 Å². The standard InChI is InChI=1S/C20H18ClN3O/c1-12-18(13-5-3-2-4-6-13)19(12)20(25)22-10-9-17-23-15-8-7-14(21)11-16(15)24-17/h2-8,11,19H,9-10H2,1H3,(H,22,25)(H,23,24). The Hall–Kier alpha value is -2.59. The summed E-state index contributed by atoms with van der Waals surface area (Å²) in [6, 6.07) is 15.6. The van der Waals surface area contributed by atoms with Gasteiger partial charge in [-0.2, -0.15) is 0 Å². The van der Waals surface area contributed by atoms with Crippen LogP contribution < -0.4 is 5.32 Å². The van der Waals surface area contributed by atoms with Crippen molar-refractivity contribution in [3.8, 4) is 0 Å². The van der Waals surface area contributed by atoms with Gasteiger partial charge in [-0.3, -0.25) is 4.79 Å². The van der Waals surface area contributed by atoms with Crippen molar-refractivity contribution in [2.24, 2.45) is 5.92 Å². The van der Waals surface area contributed by atoms with Crippen LogP contribution in [0, 0.1) is 5.92 Å². The fraction of sp³-hybridized carbons (Fsp3) is 0.200. The lowest BCUT2D eigenvalue weighted by Crippen LogP contribution is -2.28. The van der Waals surface area contributed by atoms with Crippen molar-refractivity contribution in [1.29, 1.82) is 0 Å². The smallest absolute Gasteiger partial charge is 0.231 e. The fourth-order valence-electron chi connectivity index (χ4n) is 3.23. The third-order valence-electron chi connectivity index (χ3n) is 4.56. The van der Waals surface area contributed by atoms with Gasteiger partial charge in [0, 0.05) is 18.0 Å². The van der Waals surface area contributed by atoms with Crippen molar-refractivity contribution in [3.05, 3.63) is 70.5 Å². The zero-order valence-corrected chi connectivity index (χ0v) is 14.6. The molecule has 1 amide bonds. The number of hydrogen-bond acceptors (Lipinski definition) is 2. The Balaban J connectivity index is 1.33. The van der Waals surface area contributed by atoms with Crippen LogP contribution in [-0.2, 0) is 11.2 Å². The maximum Gasteiger partial charge on any atom is 0.231 e.